The van der Waals surface area contributed by atoms with Gasteiger partial charge in [-0.05, 0) is 47.7 Å². The molecule has 4 saturated heterocycles. The molecule has 2 amide bonds. The molecule has 1 atom stereocenters. The second-order valence-electron chi connectivity index (χ2n) is 16.3. The molecule has 298 valence electrons. The van der Waals surface area contributed by atoms with Gasteiger partial charge in [-0.25, -0.2) is 0 Å². The van der Waals surface area contributed by atoms with E-state index >= 15 is 0 Å². The van der Waals surface area contributed by atoms with E-state index in [1.54, 1.807) is 13.3 Å². The summed E-state index contributed by atoms with van der Waals surface area (Å²) in [6.45, 7) is 5.10. The average Bonchev–Trinajstić information content (AvgIpc) is 3.88. The van der Waals surface area contributed by atoms with Gasteiger partial charge in [-0.3, -0.25) is 24.4 Å². The lowest BCUT2D eigenvalue weighted by atomic mass is 9.79. The summed E-state index contributed by atoms with van der Waals surface area (Å²) in [5.74, 6) is 0.369. The second-order valence-corrected chi connectivity index (χ2v) is 16.6. The molecule has 2 N–H and O–H groups in total. The number of halogens is 4. The Morgan fingerprint density at radius 2 is 1.54 bits per heavy atom. The number of pyridine rings is 2. The van der Waals surface area contributed by atoms with Crippen molar-refractivity contribution in [2.45, 2.75) is 51.1 Å². The van der Waals surface area contributed by atoms with Gasteiger partial charge in [0.15, 0.2) is 0 Å². The highest BCUT2D eigenvalue weighted by molar-refractivity contribution is 6.35. The van der Waals surface area contributed by atoms with Crippen LogP contribution in [0.1, 0.15) is 53.2 Å². The Hall–Kier alpha value is -4.92. The SMILES string of the molecule is COc1cc(-c2nccc(-c3cccc4c3CCC4Oc3nc(OC)c(CN4CC5(CNC(=O)C5)C4)cc3C(F)(F)F)c2Cl)ccc1CN1CC2(CNC(=O)C2)C1. The van der Waals surface area contributed by atoms with E-state index in [4.69, 9.17) is 25.8 Å². The Bertz CT molecular complexity index is 2280. The first kappa shape index (κ1) is 37.6. The maximum atomic E-state index is 14.6. The summed E-state index contributed by atoms with van der Waals surface area (Å²) in [7, 11) is 3.02. The Labute approximate surface area is 332 Å². The van der Waals surface area contributed by atoms with Gasteiger partial charge in [0, 0.05) is 104 Å². The molecule has 2 aromatic carbocycles. The molecule has 57 heavy (non-hydrogen) atoms. The van der Waals surface area contributed by atoms with Crippen molar-refractivity contribution >= 4 is 23.4 Å². The molecule has 2 aromatic heterocycles. The number of ether oxygens (including phenoxy) is 3. The zero-order chi connectivity index (χ0) is 39.7. The van der Waals surface area contributed by atoms with Crippen LogP contribution in [0.15, 0.2) is 54.7 Å². The van der Waals surface area contributed by atoms with E-state index in [1.807, 2.05) is 47.4 Å². The van der Waals surface area contributed by atoms with Gasteiger partial charge in [-0.2, -0.15) is 18.2 Å². The molecule has 11 nitrogen and oxygen atoms in total. The van der Waals surface area contributed by atoms with Crippen LogP contribution in [0.4, 0.5) is 13.2 Å². The Kier molecular flexibility index (Phi) is 9.36. The van der Waals surface area contributed by atoms with Crippen molar-refractivity contribution < 1.29 is 37.0 Å². The van der Waals surface area contributed by atoms with Crippen molar-refractivity contribution in [2.24, 2.45) is 10.8 Å². The Morgan fingerprint density at radius 3 is 2.16 bits per heavy atom. The fraction of sp³-hybridized carbons (Fsp3) is 0.429. The van der Waals surface area contributed by atoms with Crippen LogP contribution in [-0.2, 0) is 35.3 Å². The molecule has 1 unspecified atom stereocenters. The molecule has 15 heteroatoms. The minimum absolute atomic E-state index is 0.00131. The first-order valence-electron chi connectivity index (χ1n) is 19.1. The number of amides is 2. The van der Waals surface area contributed by atoms with E-state index in [1.165, 1.54) is 7.11 Å². The summed E-state index contributed by atoms with van der Waals surface area (Å²) in [5, 5.41) is 6.24. The lowest BCUT2D eigenvalue weighted by molar-refractivity contribution is -0.140. The van der Waals surface area contributed by atoms with Crippen molar-refractivity contribution in [1.82, 2.24) is 30.4 Å². The van der Waals surface area contributed by atoms with E-state index in [0.29, 0.717) is 73.9 Å². The highest BCUT2D eigenvalue weighted by Crippen LogP contribution is 2.47. The lowest BCUT2D eigenvalue weighted by Gasteiger charge is -2.47. The van der Waals surface area contributed by atoms with Crippen LogP contribution < -0.4 is 24.8 Å². The van der Waals surface area contributed by atoms with Crippen molar-refractivity contribution in [3.8, 4) is 39.9 Å². The summed E-state index contributed by atoms with van der Waals surface area (Å²) in [6, 6.07) is 14.5. The molecule has 0 radical (unpaired) electrons. The molecule has 4 aliphatic heterocycles. The minimum Gasteiger partial charge on any atom is -0.496 e. The molecule has 4 aromatic rings. The van der Waals surface area contributed by atoms with Crippen molar-refractivity contribution in [3.05, 3.63) is 87.6 Å². The van der Waals surface area contributed by atoms with E-state index in [-0.39, 0.29) is 35.1 Å². The van der Waals surface area contributed by atoms with Gasteiger partial charge in [0.1, 0.15) is 17.4 Å². The molecular formula is C42H42ClF3N6O5. The number of likely N-dealkylation sites (tertiary alicyclic amines) is 2. The number of alkyl halides is 3. The predicted molar refractivity (Wildman–Crippen MR) is 205 cm³/mol. The maximum absolute atomic E-state index is 14.6. The number of carbonyl (C=O) groups excluding carboxylic acids is 2. The molecule has 4 fully saturated rings. The van der Waals surface area contributed by atoms with Gasteiger partial charge in [0.25, 0.3) is 0 Å². The highest BCUT2D eigenvalue weighted by atomic mass is 35.5. The summed E-state index contributed by atoms with van der Waals surface area (Å²) in [4.78, 5) is 36.8. The normalized spacial score (nSPS) is 20.9. The Morgan fingerprint density at radius 1 is 0.860 bits per heavy atom. The monoisotopic (exact) mass is 802 g/mol. The number of nitrogens with one attached hydrogen (secondary N) is 2. The zero-order valence-electron chi connectivity index (χ0n) is 31.6. The molecule has 9 rings (SSSR count). The fourth-order valence-corrected chi connectivity index (χ4v) is 9.89. The smallest absolute Gasteiger partial charge is 0.421 e. The molecule has 6 heterocycles. The maximum Gasteiger partial charge on any atom is 0.421 e. The van der Waals surface area contributed by atoms with Crippen molar-refractivity contribution in [3.63, 3.8) is 0 Å². The number of rotatable bonds is 10. The van der Waals surface area contributed by atoms with Crippen LogP contribution >= 0.6 is 11.6 Å². The molecule has 5 aliphatic rings. The average molecular weight is 803 g/mol. The third kappa shape index (κ3) is 6.95. The van der Waals surface area contributed by atoms with Crippen LogP contribution in [-0.4, -0.2) is 85.1 Å². The fourth-order valence-electron chi connectivity index (χ4n) is 9.57. The van der Waals surface area contributed by atoms with E-state index in [2.05, 4.69) is 25.5 Å². The van der Waals surface area contributed by atoms with Crippen LogP contribution in [0.2, 0.25) is 5.02 Å². The van der Waals surface area contributed by atoms with Gasteiger partial charge < -0.3 is 24.8 Å². The van der Waals surface area contributed by atoms with Crippen molar-refractivity contribution in [1.29, 1.82) is 0 Å². The van der Waals surface area contributed by atoms with Crippen LogP contribution in [0, 0.1) is 10.8 Å². The van der Waals surface area contributed by atoms with Crippen molar-refractivity contribution in [2.75, 3.05) is 53.5 Å². The van der Waals surface area contributed by atoms with Crippen LogP contribution in [0.3, 0.4) is 0 Å². The molecule has 0 bridgehead atoms. The van der Waals surface area contributed by atoms with Gasteiger partial charge in [-0.1, -0.05) is 41.9 Å². The van der Waals surface area contributed by atoms with Crippen LogP contribution in [0.25, 0.3) is 22.4 Å². The van der Waals surface area contributed by atoms with Gasteiger partial charge in [0.2, 0.25) is 23.6 Å². The second kappa shape index (κ2) is 14.2. The highest BCUT2D eigenvalue weighted by Gasteiger charge is 2.49. The van der Waals surface area contributed by atoms with E-state index in [9.17, 15) is 22.8 Å². The predicted octanol–water partition coefficient (Wildman–Crippen LogP) is 6.21. The van der Waals surface area contributed by atoms with Gasteiger partial charge in [-0.15, -0.1) is 0 Å². The summed E-state index contributed by atoms with van der Waals surface area (Å²) in [5.41, 5.74) is 4.89. The largest absolute Gasteiger partial charge is 0.496 e. The number of methoxy groups -OCH3 is 2. The van der Waals surface area contributed by atoms with Gasteiger partial charge >= 0.3 is 6.18 Å². The number of aromatic nitrogens is 2. The number of carbonyl (C=O) groups is 2. The summed E-state index contributed by atoms with van der Waals surface area (Å²) >= 11 is 7.14. The summed E-state index contributed by atoms with van der Waals surface area (Å²) < 4.78 is 61.3. The van der Waals surface area contributed by atoms with E-state index < -0.39 is 23.7 Å². The van der Waals surface area contributed by atoms with Gasteiger partial charge in [0.05, 0.1) is 24.9 Å². The van der Waals surface area contributed by atoms with E-state index in [0.717, 1.165) is 59.1 Å². The molecule has 0 saturated carbocycles. The third-order valence-corrected chi connectivity index (χ3v) is 12.5. The number of fused-ring (bicyclic) bond motifs is 1. The van der Waals surface area contributed by atoms with Crippen LogP contribution in [0.5, 0.6) is 17.5 Å². The first-order valence-corrected chi connectivity index (χ1v) is 19.5. The standard InChI is InChI=1S/C42H42ClF3N6O5/c1-55-33-13-24(6-7-25(33)16-51-20-40(21-51)14-34(53)48-18-40)37-36(43)30(10-11-47-37)27-4-3-5-29-28(27)8-9-32(29)57-39-31(42(44,45)46)12-26(38(50-39)56-2)17-52-22-41(23-52)15-35(54)49-19-41/h3-7,10-13,32H,8-9,14-23H2,1-2H3,(H,48,53)(H,49,54). The third-order valence-electron chi connectivity index (χ3n) is 12.2. The number of hydrogen-bond donors (Lipinski definition) is 2. The molecule has 2 spiro atoms. The number of benzene rings is 2. The molecular weight excluding hydrogens is 761 g/mol. The zero-order valence-corrected chi connectivity index (χ0v) is 32.4. The minimum atomic E-state index is -4.72. The lowest BCUT2D eigenvalue weighted by Crippen LogP contribution is -2.56. The number of nitrogens with zero attached hydrogens (tertiary/aromatic N) is 4. The first-order chi connectivity index (χ1) is 27.3. The number of hydrogen-bond acceptors (Lipinski definition) is 9. The topological polar surface area (TPSA) is 118 Å². The Balaban J connectivity index is 0.945. The quantitative estimate of drug-likeness (QED) is 0.193. The summed E-state index contributed by atoms with van der Waals surface area (Å²) in [6.07, 6.45) is -1.72. The molecule has 1 aliphatic carbocycles.